The molecule has 7 heteroatoms. The van der Waals surface area contributed by atoms with Crippen LogP contribution >= 0.6 is 0 Å². The second-order valence-electron chi connectivity index (χ2n) is 6.37. The molecule has 0 unspecified atom stereocenters. The van der Waals surface area contributed by atoms with Gasteiger partial charge in [0.1, 0.15) is 17.6 Å². The van der Waals surface area contributed by atoms with E-state index in [1.807, 2.05) is 44.2 Å². The monoisotopic (exact) mass is 356 g/mol. The molecule has 138 valence electrons. The molecule has 1 aromatic carbocycles. The number of amides is 2. The first-order valence-electron chi connectivity index (χ1n) is 8.80. The van der Waals surface area contributed by atoms with E-state index in [0.717, 1.165) is 17.0 Å². The predicted octanol–water partition coefficient (Wildman–Crippen LogP) is 2.03. The highest BCUT2D eigenvalue weighted by molar-refractivity contribution is 6.00. The first kappa shape index (κ1) is 18.0. The fraction of sp³-hybridized carbons (Fsp3) is 0.421. The SMILES string of the molecule is CC[C@@H](C(=O)NCc1cccc(OC)c1)N1C(=O)CCn2nc(C)cc21. The van der Waals surface area contributed by atoms with E-state index in [0.29, 0.717) is 31.7 Å². The molecule has 7 nitrogen and oxygen atoms in total. The van der Waals surface area contributed by atoms with Crippen LogP contribution in [-0.4, -0.2) is 34.7 Å². The van der Waals surface area contributed by atoms with Gasteiger partial charge in [0.25, 0.3) is 0 Å². The highest BCUT2D eigenvalue weighted by Crippen LogP contribution is 2.26. The third-order valence-electron chi connectivity index (χ3n) is 4.54. The largest absolute Gasteiger partial charge is 0.497 e. The van der Waals surface area contributed by atoms with Crippen molar-refractivity contribution in [3.63, 3.8) is 0 Å². The van der Waals surface area contributed by atoms with Crippen LogP contribution in [0.1, 0.15) is 31.0 Å². The first-order valence-corrected chi connectivity index (χ1v) is 8.80. The van der Waals surface area contributed by atoms with Gasteiger partial charge < -0.3 is 10.1 Å². The standard InChI is InChI=1S/C19H24N4O3/c1-4-16(19(25)20-12-14-6-5-7-15(11-14)26-3)23-17-10-13(2)21-22(17)9-8-18(23)24/h5-7,10-11,16H,4,8-9,12H2,1-3H3,(H,20,25)/t16-/m0/s1. The van der Waals surface area contributed by atoms with E-state index in [2.05, 4.69) is 10.4 Å². The molecule has 0 saturated heterocycles. The summed E-state index contributed by atoms with van der Waals surface area (Å²) in [6.45, 7) is 4.73. The van der Waals surface area contributed by atoms with Crippen molar-refractivity contribution < 1.29 is 14.3 Å². The van der Waals surface area contributed by atoms with E-state index >= 15 is 0 Å². The van der Waals surface area contributed by atoms with Crippen molar-refractivity contribution in [1.82, 2.24) is 15.1 Å². The summed E-state index contributed by atoms with van der Waals surface area (Å²) in [6.07, 6.45) is 0.883. The summed E-state index contributed by atoms with van der Waals surface area (Å²) in [5.74, 6) is 1.23. The minimum Gasteiger partial charge on any atom is -0.497 e. The Morgan fingerprint density at radius 2 is 2.19 bits per heavy atom. The lowest BCUT2D eigenvalue weighted by Gasteiger charge is -2.33. The summed E-state index contributed by atoms with van der Waals surface area (Å²) in [7, 11) is 1.61. The molecule has 0 saturated carbocycles. The van der Waals surface area contributed by atoms with Crippen molar-refractivity contribution in [2.75, 3.05) is 12.0 Å². The molecule has 1 N–H and O–H groups in total. The normalized spacial score (nSPS) is 14.7. The number of carbonyl (C=O) groups is 2. The Balaban J connectivity index is 1.75. The topological polar surface area (TPSA) is 76.5 Å². The van der Waals surface area contributed by atoms with Gasteiger partial charge >= 0.3 is 0 Å². The summed E-state index contributed by atoms with van der Waals surface area (Å²) in [5, 5.41) is 7.34. The zero-order valence-corrected chi connectivity index (χ0v) is 15.4. The van der Waals surface area contributed by atoms with Crippen molar-refractivity contribution in [3.05, 3.63) is 41.6 Å². The molecular formula is C19H24N4O3. The zero-order valence-electron chi connectivity index (χ0n) is 15.4. The molecule has 2 aromatic rings. The molecule has 3 rings (SSSR count). The third-order valence-corrected chi connectivity index (χ3v) is 4.54. The number of rotatable bonds is 6. The molecule has 2 heterocycles. The lowest BCUT2D eigenvalue weighted by Crippen LogP contribution is -2.52. The summed E-state index contributed by atoms with van der Waals surface area (Å²) >= 11 is 0. The van der Waals surface area contributed by atoms with Crippen molar-refractivity contribution in [1.29, 1.82) is 0 Å². The highest BCUT2D eigenvalue weighted by atomic mass is 16.5. The molecule has 1 atom stereocenters. The number of fused-ring (bicyclic) bond motifs is 1. The average Bonchev–Trinajstić information content (AvgIpc) is 3.03. The summed E-state index contributed by atoms with van der Waals surface area (Å²) in [6, 6.07) is 8.85. The number of ether oxygens (including phenoxy) is 1. The smallest absolute Gasteiger partial charge is 0.243 e. The van der Waals surface area contributed by atoms with Gasteiger partial charge in [0, 0.05) is 19.0 Å². The fourth-order valence-corrected chi connectivity index (χ4v) is 3.25. The van der Waals surface area contributed by atoms with Crippen LogP contribution in [0.5, 0.6) is 5.75 Å². The molecule has 1 aromatic heterocycles. The van der Waals surface area contributed by atoms with Crippen molar-refractivity contribution in [2.24, 2.45) is 0 Å². The van der Waals surface area contributed by atoms with Gasteiger partial charge in [-0.1, -0.05) is 19.1 Å². The second-order valence-corrected chi connectivity index (χ2v) is 6.37. The molecule has 0 fully saturated rings. The lowest BCUT2D eigenvalue weighted by atomic mass is 10.1. The van der Waals surface area contributed by atoms with Crippen LogP contribution in [0.15, 0.2) is 30.3 Å². The molecular weight excluding hydrogens is 332 g/mol. The lowest BCUT2D eigenvalue weighted by molar-refractivity contribution is -0.127. The fourth-order valence-electron chi connectivity index (χ4n) is 3.25. The van der Waals surface area contributed by atoms with Crippen molar-refractivity contribution in [2.45, 2.75) is 45.8 Å². The van der Waals surface area contributed by atoms with Crippen molar-refractivity contribution in [3.8, 4) is 5.75 Å². The van der Waals surface area contributed by atoms with Crippen LogP contribution < -0.4 is 15.0 Å². The Morgan fingerprint density at radius 3 is 2.92 bits per heavy atom. The quantitative estimate of drug-likeness (QED) is 0.859. The van der Waals surface area contributed by atoms with Crippen molar-refractivity contribution >= 4 is 17.6 Å². The average molecular weight is 356 g/mol. The van der Waals surface area contributed by atoms with Gasteiger partial charge in [-0.3, -0.25) is 14.5 Å². The number of hydrogen-bond acceptors (Lipinski definition) is 4. The molecule has 0 aliphatic carbocycles. The van der Waals surface area contributed by atoms with Gasteiger partial charge in [-0.05, 0) is 31.0 Å². The van der Waals surface area contributed by atoms with Gasteiger partial charge in [0.05, 0.1) is 19.3 Å². The number of aromatic nitrogens is 2. The van der Waals surface area contributed by atoms with Crippen LogP contribution in [0.25, 0.3) is 0 Å². The minimum absolute atomic E-state index is 0.0409. The summed E-state index contributed by atoms with van der Waals surface area (Å²) in [5.41, 5.74) is 1.78. The van der Waals surface area contributed by atoms with Crippen LogP contribution in [-0.2, 0) is 22.7 Å². The van der Waals surface area contributed by atoms with E-state index < -0.39 is 6.04 Å². The molecule has 0 bridgehead atoms. The summed E-state index contributed by atoms with van der Waals surface area (Å²) < 4.78 is 7.01. The number of anilines is 1. The van der Waals surface area contributed by atoms with Crippen LogP contribution in [0.3, 0.4) is 0 Å². The Labute approximate surface area is 152 Å². The highest BCUT2D eigenvalue weighted by Gasteiger charge is 2.34. The zero-order chi connectivity index (χ0) is 18.7. The van der Waals surface area contributed by atoms with Gasteiger partial charge in [-0.15, -0.1) is 0 Å². The first-order chi connectivity index (χ1) is 12.5. The number of hydrogen-bond donors (Lipinski definition) is 1. The van der Waals surface area contributed by atoms with Gasteiger partial charge in [0.2, 0.25) is 11.8 Å². The van der Waals surface area contributed by atoms with Crippen LogP contribution in [0.4, 0.5) is 5.82 Å². The molecule has 26 heavy (non-hydrogen) atoms. The van der Waals surface area contributed by atoms with E-state index in [-0.39, 0.29) is 11.8 Å². The Bertz CT molecular complexity index is 815. The maximum Gasteiger partial charge on any atom is 0.243 e. The maximum absolute atomic E-state index is 12.8. The molecule has 1 aliphatic rings. The third kappa shape index (κ3) is 3.56. The molecule has 1 aliphatic heterocycles. The van der Waals surface area contributed by atoms with E-state index in [1.54, 1.807) is 16.7 Å². The number of aryl methyl sites for hydroxylation is 2. The van der Waals surface area contributed by atoms with E-state index in [4.69, 9.17) is 4.74 Å². The van der Waals surface area contributed by atoms with Crippen LogP contribution in [0.2, 0.25) is 0 Å². The molecule has 2 amide bonds. The van der Waals surface area contributed by atoms with E-state index in [9.17, 15) is 9.59 Å². The Hall–Kier alpha value is -2.83. The number of methoxy groups -OCH3 is 1. The van der Waals surface area contributed by atoms with Gasteiger partial charge in [0.15, 0.2) is 0 Å². The Kier molecular flexibility index (Phi) is 5.25. The second kappa shape index (κ2) is 7.59. The molecule has 0 spiro atoms. The minimum atomic E-state index is -0.553. The predicted molar refractivity (Wildman–Crippen MR) is 98.0 cm³/mol. The Morgan fingerprint density at radius 1 is 1.38 bits per heavy atom. The number of carbonyl (C=O) groups excluding carboxylic acids is 2. The number of nitrogens with zero attached hydrogens (tertiary/aromatic N) is 3. The van der Waals surface area contributed by atoms with Gasteiger partial charge in [-0.25, -0.2) is 4.68 Å². The summed E-state index contributed by atoms with van der Waals surface area (Å²) in [4.78, 5) is 26.9. The van der Waals surface area contributed by atoms with Gasteiger partial charge in [-0.2, -0.15) is 5.10 Å². The molecule has 0 radical (unpaired) electrons. The number of benzene rings is 1. The number of nitrogens with one attached hydrogen (secondary N) is 1. The maximum atomic E-state index is 12.8. The van der Waals surface area contributed by atoms with Crippen LogP contribution in [0, 0.1) is 6.92 Å². The van der Waals surface area contributed by atoms with E-state index in [1.165, 1.54) is 0 Å².